The van der Waals surface area contributed by atoms with E-state index in [9.17, 15) is 14.0 Å². The number of carboxylic acid groups (broad SMARTS) is 1. The molecule has 1 aliphatic heterocycles. The lowest BCUT2D eigenvalue weighted by atomic mass is 9.99. The van der Waals surface area contributed by atoms with Crippen molar-refractivity contribution in [2.45, 2.75) is 38.6 Å². The molecule has 5 heteroatoms. The predicted octanol–water partition coefficient (Wildman–Crippen LogP) is 2.47. The molecular weight excluding hydrogens is 273 g/mol. The number of hydrogen-bond acceptors (Lipinski definition) is 2. The van der Waals surface area contributed by atoms with Gasteiger partial charge >= 0.3 is 5.97 Å². The Morgan fingerprint density at radius 3 is 2.81 bits per heavy atom. The fourth-order valence-electron chi connectivity index (χ4n) is 2.77. The first-order valence-electron chi connectivity index (χ1n) is 7.27. The van der Waals surface area contributed by atoms with E-state index in [2.05, 4.69) is 0 Å². The third kappa shape index (κ3) is 3.60. The number of carbonyl (C=O) groups is 2. The highest BCUT2D eigenvalue weighted by Gasteiger charge is 2.35. The molecule has 0 bridgehead atoms. The summed E-state index contributed by atoms with van der Waals surface area (Å²) in [5.41, 5.74) is 0.591. The summed E-state index contributed by atoms with van der Waals surface area (Å²) in [6.45, 7) is 2.28. The molecule has 1 N–H and O–H groups in total. The average Bonchev–Trinajstić information content (AvgIpc) is 2.95. The van der Waals surface area contributed by atoms with Crippen molar-refractivity contribution in [3.8, 4) is 0 Å². The highest BCUT2D eigenvalue weighted by atomic mass is 19.1. The molecule has 1 saturated heterocycles. The van der Waals surface area contributed by atoms with E-state index in [0.717, 1.165) is 6.42 Å². The number of nitrogens with zero attached hydrogens (tertiary/aromatic N) is 1. The van der Waals surface area contributed by atoms with Crippen molar-refractivity contribution in [2.24, 2.45) is 5.92 Å². The van der Waals surface area contributed by atoms with E-state index in [1.807, 2.05) is 0 Å². The molecule has 0 radical (unpaired) electrons. The minimum absolute atomic E-state index is 0.142. The van der Waals surface area contributed by atoms with Crippen molar-refractivity contribution in [2.75, 3.05) is 6.54 Å². The van der Waals surface area contributed by atoms with Gasteiger partial charge in [0.1, 0.15) is 11.9 Å². The van der Waals surface area contributed by atoms with Crippen LogP contribution in [-0.4, -0.2) is 34.5 Å². The van der Waals surface area contributed by atoms with Crippen LogP contribution in [0.15, 0.2) is 24.3 Å². The monoisotopic (exact) mass is 293 g/mol. The second-order valence-electron chi connectivity index (χ2n) is 5.56. The number of likely N-dealkylation sites (tertiary alicyclic amines) is 1. The number of amides is 1. The molecule has 4 nitrogen and oxygen atoms in total. The first kappa shape index (κ1) is 15.5. The molecule has 1 aliphatic rings. The molecule has 2 rings (SSSR count). The van der Waals surface area contributed by atoms with E-state index in [4.69, 9.17) is 5.11 Å². The Labute approximate surface area is 123 Å². The standard InChI is InChI=1S/C16H20FNO3/c1-11(8-9-12-5-2-3-6-13(12)17)15(19)18-10-4-7-14(18)16(20)21/h2-3,5-6,11,14H,4,7-10H2,1H3,(H,20,21)/t11-,14-/m1/s1. The van der Waals surface area contributed by atoms with Gasteiger partial charge in [-0.05, 0) is 37.3 Å². The zero-order valence-corrected chi connectivity index (χ0v) is 12.1. The lowest BCUT2D eigenvalue weighted by Gasteiger charge is -2.25. The van der Waals surface area contributed by atoms with Crippen LogP contribution in [0.4, 0.5) is 4.39 Å². The fourth-order valence-corrected chi connectivity index (χ4v) is 2.77. The number of halogens is 1. The maximum absolute atomic E-state index is 13.5. The van der Waals surface area contributed by atoms with Crippen molar-refractivity contribution in [1.29, 1.82) is 0 Å². The van der Waals surface area contributed by atoms with E-state index in [-0.39, 0.29) is 17.6 Å². The quantitative estimate of drug-likeness (QED) is 0.907. The van der Waals surface area contributed by atoms with Crippen LogP contribution >= 0.6 is 0 Å². The lowest BCUT2D eigenvalue weighted by Crippen LogP contribution is -2.43. The van der Waals surface area contributed by atoms with Crippen molar-refractivity contribution in [3.63, 3.8) is 0 Å². The van der Waals surface area contributed by atoms with E-state index in [1.54, 1.807) is 25.1 Å². The molecule has 1 aromatic rings. The van der Waals surface area contributed by atoms with Gasteiger partial charge < -0.3 is 10.0 Å². The molecule has 1 fully saturated rings. The van der Waals surface area contributed by atoms with Gasteiger partial charge in [0, 0.05) is 12.5 Å². The highest BCUT2D eigenvalue weighted by molar-refractivity contribution is 5.85. The number of aryl methyl sites for hydroxylation is 1. The lowest BCUT2D eigenvalue weighted by molar-refractivity contribution is -0.149. The maximum atomic E-state index is 13.5. The summed E-state index contributed by atoms with van der Waals surface area (Å²) in [4.78, 5) is 24.9. The summed E-state index contributed by atoms with van der Waals surface area (Å²) < 4.78 is 13.5. The first-order valence-corrected chi connectivity index (χ1v) is 7.27. The highest BCUT2D eigenvalue weighted by Crippen LogP contribution is 2.22. The van der Waals surface area contributed by atoms with Gasteiger partial charge in [-0.15, -0.1) is 0 Å². The van der Waals surface area contributed by atoms with Crippen LogP contribution < -0.4 is 0 Å². The molecule has 0 aliphatic carbocycles. The Morgan fingerprint density at radius 1 is 1.43 bits per heavy atom. The molecule has 0 saturated carbocycles. The minimum atomic E-state index is -0.942. The second-order valence-corrected chi connectivity index (χ2v) is 5.56. The summed E-state index contributed by atoms with van der Waals surface area (Å²) >= 11 is 0. The van der Waals surface area contributed by atoms with Crippen molar-refractivity contribution in [1.82, 2.24) is 4.90 Å². The van der Waals surface area contributed by atoms with Crippen LogP contribution in [0.1, 0.15) is 31.7 Å². The smallest absolute Gasteiger partial charge is 0.326 e. The fraction of sp³-hybridized carbons (Fsp3) is 0.500. The van der Waals surface area contributed by atoms with Gasteiger partial charge in [-0.3, -0.25) is 4.79 Å². The van der Waals surface area contributed by atoms with E-state index >= 15 is 0 Å². The Bertz CT molecular complexity index is 532. The Kier molecular flexibility index (Phi) is 4.94. The molecule has 0 unspecified atom stereocenters. The van der Waals surface area contributed by atoms with Crippen LogP contribution in [0.25, 0.3) is 0 Å². The van der Waals surface area contributed by atoms with Gasteiger partial charge in [-0.25, -0.2) is 9.18 Å². The zero-order chi connectivity index (χ0) is 15.4. The summed E-state index contributed by atoms with van der Waals surface area (Å²) in [7, 11) is 0. The third-order valence-electron chi connectivity index (χ3n) is 4.05. The van der Waals surface area contributed by atoms with Gasteiger partial charge in [0.2, 0.25) is 5.91 Å². The van der Waals surface area contributed by atoms with E-state index in [1.165, 1.54) is 11.0 Å². The molecule has 1 heterocycles. The summed E-state index contributed by atoms with van der Waals surface area (Å²) in [5.74, 6) is -1.65. The van der Waals surface area contributed by atoms with Crippen LogP contribution in [0.2, 0.25) is 0 Å². The molecule has 1 amide bonds. The van der Waals surface area contributed by atoms with Gasteiger partial charge in [0.05, 0.1) is 0 Å². The van der Waals surface area contributed by atoms with Crippen molar-refractivity contribution in [3.05, 3.63) is 35.6 Å². The number of carbonyl (C=O) groups excluding carboxylic acids is 1. The van der Waals surface area contributed by atoms with Gasteiger partial charge in [0.25, 0.3) is 0 Å². The van der Waals surface area contributed by atoms with Crippen molar-refractivity contribution >= 4 is 11.9 Å². The molecule has 1 aromatic carbocycles. The first-order chi connectivity index (χ1) is 10.0. The van der Waals surface area contributed by atoms with Crippen LogP contribution in [-0.2, 0) is 16.0 Å². The average molecular weight is 293 g/mol. The van der Waals surface area contributed by atoms with Gasteiger partial charge in [-0.2, -0.15) is 0 Å². The normalized spacial score (nSPS) is 19.5. The number of hydrogen-bond donors (Lipinski definition) is 1. The largest absolute Gasteiger partial charge is 0.480 e. The maximum Gasteiger partial charge on any atom is 0.326 e. The van der Waals surface area contributed by atoms with Crippen LogP contribution in [0.5, 0.6) is 0 Å². The Hall–Kier alpha value is -1.91. The molecule has 0 spiro atoms. The second kappa shape index (κ2) is 6.70. The SMILES string of the molecule is C[C@H](CCc1ccccc1F)C(=O)N1CCC[C@@H]1C(=O)O. The molecule has 2 atom stereocenters. The molecule has 0 aromatic heterocycles. The van der Waals surface area contributed by atoms with Crippen LogP contribution in [0.3, 0.4) is 0 Å². The topological polar surface area (TPSA) is 57.6 Å². The predicted molar refractivity (Wildman–Crippen MR) is 76.3 cm³/mol. The molecular formula is C16H20FNO3. The third-order valence-corrected chi connectivity index (χ3v) is 4.05. The Balaban J connectivity index is 1.94. The molecule has 21 heavy (non-hydrogen) atoms. The molecule has 114 valence electrons. The Morgan fingerprint density at radius 2 is 2.14 bits per heavy atom. The van der Waals surface area contributed by atoms with Crippen LogP contribution in [0, 0.1) is 11.7 Å². The summed E-state index contributed by atoms with van der Waals surface area (Å²) in [5, 5.41) is 9.12. The van der Waals surface area contributed by atoms with Crippen molar-refractivity contribution < 1.29 is 19.1 Å². The minimum Gasteiger partial charge on any atom is -0.480 e. The number of aliphatic carboxylic acids is 1. The summed E-state index contributed by atoms with van der Waals surface area (Å²) in [6, 6.07) is 5.82. The van der Waals surface area contributed by atoms with Gasteiger partial charge in [0.15, 0.2) is 0 Å². The number of benzene rings is 1. The van der Waals surface area contributed by atoms with E-state index < -0.39 is 12.0 Å². The van der Waals surface area contributed by atoms with E-state index in [0.29, 0.717) is 31.4 Å². The summed E-state index contributed by atoms with van der Waals surface area (Å²) in [6.07, 6.45) is 2.23. The van der Waals surface area contributed by atoms with Gasteiger partial charge in [-0.1, -0.05) is 25.1 Å². The zero-order valence-electron chi connectivity index (χ0n) is 12.1. The number of rotatable bonds is 5. The number of carboxylic acids is 1.